The van der Waals surface area contributed by atoms with Crippen molar-refractivity contribution in [2.75, 3.05) is 0 Å². The van der Waals surface area contributed by atoms with Crippen LogP contribution in [-0.2, 0) is 19.4 Å². The molecule has 6 nitrogen and oxygen atoms in total. The number of rotatable bonds is 4. The van der Waals surface area contributed by atoms with Gasteiger partial charge in [0.05, 0.1) is 0 Å². The normalized spacial score (nSPS) is 13.5. The van der Waals surface area contributed by atoms with Crippen LogP contribution in [0.1, 0.15) is 39.3 Å². The first-order chi connectivity index (χ1) is 11.8. The lowest BCUT2D eigenvalue weighted by molar-refractivity contribution is 0.0946. The molecular formula is C17H17N5OS. The molecule has 1 aliphatic carbocycles. The average Bonchev–Trinajstić information content (AvgIpc) is 3.30. The highest BCUT2D eigenvalue weighted by Gasteiger charge is 2.16. The van der Waals surface area contributed by atoms with E-state index in [9.17, 15) is 4.79 Å². The maximum atomic E-state index is 12.4. The summed E-state index contributed by atoms with van der Waals surface area (Å²) in [5.41, 5.74) is 3.08. The molecule has 0 radical (unpaired) electrons. The van der Waals surface area contributed by atoms with Gasteiger partial charge in [0, 0.05) is 11.4 Å². The Balaban J connectivity index is 1.47. The van der Waals surface area contributed by atoms with Crippen LogP contribution in [0.3, 0.4) is 0 Å². The fourth-order valence-corrected chi connectivity index (χ4v) is 4.14. The first-order valence-electron chi connectivity index (χ1n) is 7.99. The Labute approximate surface area is 143 Å². The molecule has 0 saturated heterocycles. The van der Waals surface area contributed by atoms with Gasteiger partial charge in [-0.3, -0.25) is 9.36 Å². The number of nitrogens with zero attached hydrogens (tertiary/aromatic N) is 4. The van der Waals surface area contributed by atoms with Gasteiger partial charge in [-0.25, -0.2) is 4.98 Å². The second-order valence-corrected chi connectivity index (χ2v) is 6.77. The van der Waals surface area contributed by atoms with Crippen LogP contribution < -0.4 is 5.32 Å². The standard InChI is InChI=1S/C17H17N5OS/c23-17(14-5-3-7-16(21-14)22-10-19-20-11-22)18-8-12-9-24-15-6-2-1-4-13(12)15/h3,5,7,9-11H,1-2,4,6,8H2,(H,18,23). The number of amides is 1. The molecule has 3 aromatic heterocycles. The van der Waals surface area contributed by atoms with Gasteiger partial charge in [-0.05, 0) is 54.3 Å². The molecule has 0 fully saturated rings. The number of hydrogen-bond acceptors (Lipinski definition) is 5. The molecule has 1 N–H and O–H groups in total. The van der Waals surface area contributed by atoms with E-state index in [1.165, 1.54) is 35.3 Å². The van der Waals surface area contributed by atoms with Crippen molar-refractivity contribution < 1.29 is 4.79 Å². The second kappa shape index (κ2) is 6.52. The van der Waals surface area contributed by atoms with Crippen molar-refractivity contribution in [2.45, 2.75) is 32.2 Å². The van der Waals surface area contributed by atoms with Crippen LogP contribution in [0.5, 0.6) is 0 Å². The number of carbonyl (C=O) groups excluding carboxylic acids is 1. The maximum Gasteiger partial charge on any atom is 0.270 e. The minimum Gasteiger partial charge on any atom is -0.347 e. The van der Waals surface area contributed by atoms with Gasteiger partial charge >= 0.3 is 0 Å². The number of fused-ring (bicyclic) bond motifs is 1. The van der Waals surface area contributed by atoms with E-state index in [-0.39, 0.29) is 5.91 Å². The Morgan fingerprint density at radius 2 is 2.04 bits per heavy atom. The van der Waals surface area contributed by atoms with Crippen molar-refractivity contribution in [2.24, 2.45) is 0 Å². The molecule has 0 aromatic carbocycles. The highest BCUT2D eigenvalue weighted by Crippen LogP contribution is 2.30. The second-order valence-electron chi connectivity index (χ2n) is 5.80. The lowest BCUT2D eigenvalue weighted by Gasteiger charge is -2.13. The van der Waals surface area contributed by atoms with Crippen molar-refractivity contribution in [3.8, 4) is 5.82 Å². The van der Waals surface area contributed by atoms with Gasteiger partial charge in [-0.1, -0.05) is 6.07 Å². The zero-order chi connectivity index (χ0) is 16.4. The highest BCUT2D eigenvalue weighted by atomic mass is 32.1. The molecule has 0 unspecified atom stereocenters. The average molecular weight is 339 g/mol. The van der Waals surface area contributed by atoms with Crippen LogP contribution in [-0.4, -0.2) is 25.7 Å². The molecule has 0 spiro atoms. The maximum absolute atomic E-state index is 12.4. The summed E-state index contributed by atoms with van der Waals surface area (Å²) >= 11 is 1.82. The lowest BCUT2D eigenvalue weighted by Crippen LogP contribution is -2.24. The van der Waals surface area contributed by atoms with Gasteiger partial charge in [0.2, 0.25) is 0 Å². The van der Waals surface area contributed by atoms with E-state index in [2.05, 4.69) is 25.9 Å². The molecule has 1 amide bonds. The van der Waals surface area contributed by atoms with E-state index >= 15 is 0 Å². The Morgan fingerprint density at radius 3 is 2.92 bits per heavy atom. The highest BCUT2D eigenvalue weighted by molar-refractivity contribution is 7.10. The van der Waals surface area contributed by atoms with Gasteiger partial charge in [0.1, 0.15) is 24.2 Å². The first-order valence-corrected chi connectivity index (χ1v) is 8.87. The molecule has 24 heavy (non-hydrogen) atoms. The molecule has 0 bridgehead atoms. The largest absolute Gasteiger partial charge is 0.347 e. The monoisotopic (exact) mass is 339 g/mol. The van der Waals surface area contributed by atoms with Crippen LogP contribution in [0.15, 0.2) is 36.2 Å². The van der Waals surface area contributed by atoms with E-state index in [1.54, 1.807) is 23.3 Å². The minimum atomic E-state index is -0.166. The zero-order valence-electron chi connectivity index (χ0n) is 13.1. The Morgan fingerprint density at radius 1 is 1.21 bits per heavy atom. The van der Waals surface area contributed by atoms with Gasteiger partial charge in [0.25, 0.3) is 5.91 Å². The fourth-order valence-electron chi connectivity index (χ4n) is 2.99. The minimum absolute atomic E-state index is 0.166. The summed E-state index contributed by atoms with van der Waals surface area (Å²) in [6.07, 6.45) is 7.94. The van der Waals surface area contributed by atoms with Crippen molar-refractivity contribution in [1.82, 2.24) is 25.1 Å². The molecule has 1 aliphatic rings. The predicted octanol–water partition coefficient (Wildman–Crippen LogP) is 2.53. The number of thiophene rings is 1. The Hall–Kier alpha value is -2.54. The summed E-state index contributed by atoms with van der Waals surface area (Å²) in [5, 5.41) is 12.7. The third-order valence-corrected chi connectivity index (χ3v) is 5.38. The molecule has 3 heterocycles. The van der Waals surface area contributed by atoms with Crippen molar-refractivity contribution in [3.63, 3.8) is 0 Å². The molecular weight excluding hydrogens is 322 g/mol. The van der Waals surface area contributed by atoms with E-state index in [0.29, 0.717) is 18.1 Å². The Kier molecular flexibility index (Phi) is 4.08. The quantitative estimate of drug-likeness (QED) is 0.793. The van der Waals surface area contributed by atoms with E-state index in [4.69, 9.17) is 0 Å². The molecule has 0 saturated carbocycles. The smallest absolute Gasteiger partial charge is 0.270 e. The summed E-state index contributed by atoms with van der Waals surface area (Å²) in [6, 6.07) is 5.34. The predicted molar refractivity (Wildman–Crippen MR) is 91.3 cm³/mol. The van der Waals surface area contributed by atoms with Crippen molar-refractivity contribution in [3.05, 3.63) is 57.9 Å². The number of carbonyl (C=O) groups is 1. The molecule has 7 heteroatoms. The number of hydrogen-bond donors (Lipinski definition) is 1. The van der Waals surface area contributed by atoms with Gasteiger partial charge < -0.3 is 5.32 Å². The van der Waals surface area contributed by atoms with Crippen molar-refractivity contribution in [1.29, 1.82) is 0 Å². The fraction of sp³-hybridized carbons (Fsp3) is 0.294. The Bertz CT molecular complexity index is 856. The lowest BCUT2D eigenvalue weighted by atomic mass is 9.96. The first kappa shape index (κ1) is 15.0. The summed E-state index contributed by atoms with van der Waals surface area (Å²) < 4.78 is 1.67. The van der Waals surface area contributed by atoms with E-state index < -0.39 is 0 Å². The molecule has 3 aromatic rings. The summed E-state index contributed by atoms with van der Waals surface area (Å²) in [4.78, 5) is 18.3. The number of nitrogens with one attached hydrogen (secondary N) is 1. The summed E-state index contributed by atoms with van der Waals surface area (Å²) in [6.45, 7) is 0.559. The summed E-state index contributed by atoms with van der Waals surface area (Å²) in [7, 11) is 0. The summed E-state index contributed by atoms with van der Waals surface area (Å²) in [5.74, 6) is 0.459. The van der Waals surface area contributed by atoms with Crippen LogP contribution >= 0.6 is 11.3 Å². The number of aryl methyl sites for hydroxylation is 1. The SMILES string of the molecule is O=C(NCc1csc2c1CCCC2)c1cccc(-n2cnnc2)n1. The van der Waals surface area contributed by atoms with Crippen LogP contribution in [0, 0.1) is 0 Å². The van der Waals surface area contributed by atoms with Gasteiger partial charge in [-0.2, -0.15) is 0 Å². The molecule has 0 aliphatic heterocycles. The van der Waals surface area contributed by atoms with Crippen molar-refractivity contribution >= 4 is 17.2 Å². The topological polar surface area (TPSA) is 72.7 Å². The molecule has 122 valence electrons. The number of aromatic nitrogens is 4. The third-order valence-electron chi connectivity index (χ3n) is 4.24. The number of pyridine rings is 1. The zero-order valence-corrected chi connectivity index (χ0v) is 13.9. The molecule has 0 atom stereocenters. The third kappa shape index (κ3) is 2.94. The van der Waals surface area contributed by atoms with Gasteiger partial charge in [-0.15, -0.1) is 21.5 Å². The van der Waals surface area contributed by atoms with Gasteiger partial charge in [0.15, 0.2) is 0 Å². The van der Waals surface area contributed by atoms with E-state index in [0.717, 1.165) is 6.42 Å². The molecule has 4 rings (SSSR count). The van der Waals surface area contributed by atoms with Crippen LogP contribution in [0.2, 0.25) is 0 Å². The van der Waals surface area contributed by atoms with Crippen LogP contribution in [0.4, 0.5) is 0 Å². The van der Waals surface area contributed by atoms with E-state index in [1.807, 2.05) is 23.5 Å². The van der Waals surface area contributed by atoms with Crippen LogP contribution in [0.25, 0.3) is 5.82 Å².